The van der Waals surface area contributed by atoms with Gasteiger partial charge in [-0.15, -0.1) is 0 Å². The number of hydrogen-bond donors (Lipinski definition) is 2. The fourth-order valence-corrected chi connectivity index (χ4v) is 1.49. The van der Waals surface area contributed by atoms with Crippen LogP contribution in [0.2, 0.25) is 0 Å². The van der Waals surface area contributed by atoms with Crippen LogP contribution in [0.1, 0.15) is 15.9 Å². The number of benzene rings is 2. The number of carboxylic acid groups (broad SMARTS) is 1. The van der Waals surface area contributed by atoms with Crippen molar-refractivity contribution in [3.05, 3.63) is 65.7 Å². The first kappa shape index (κ1) is 11.9. The van der Waals surface area contributed by atoms with E-state index in [0.717, 1.165) is 5.56 Å². The van der Waals surface area contributed by atoms with Crippen molar-refractivity contribution >= 4 is 17.5 Å². The maximum atomic E-state index is 10.7. The second-order valence-electron chi connectivity index (χ2n) is 3.72. The third-order valence-electron chi connectivity index (χ3n) is 2.43. The molecule has 4 heteroatoms. The lowest BCUT2D eigenvalue weighted by Gasteiger charge is -2.01. The Morgan fingerprint density at radius 1 is 0.944 bits per heavy atom. The SMILES string of the molecule is NC(=Nc1ccc(C(=O)O)cc1)c1ccccc1. The molecule has 90 valence electrons. The molecule has 0 spiro atoms. The Morgan fingerprint density at radius 2 is 1.56 bits per heavy atom. The van der Waals surface area contributed by atoms with Crippen molar-refractivity contribution in [1.29, 1.82) is 0 Å². The fraction of sp³-hybridized carbons (Fsp3) is 0. The lowest BCUT2D eigenvalue weighted by Crippen LogP contribution is -2.12. The molecule has 2 aromatic rings. The van der Waals surface area contributed by atoms with Gasteiger partial charge in [0.25, 0.3) is 0 Å². The number of rotatable bonds is 3. The highest BCUT2D eigenvalue weighted by Crippen LogP contribution is 2.14. The highest BCUT2D eigenvalue weighted by Gasteiger charge is 2.02. The number of hydrogen-bond acceptors (Lipinski definition) is 2. The Morgan fingerprint density at radius 3 is 2.11 bits per heavy atom. The van der Waals surface area contributed by atoms with Gasteiger partial charge in [0.2, 0.25) is 0 Å². The molecule has 0 fully saturated rings. The number of carboxylic acids is 1. The van der Waals surface area contributed by atoms with Crippen LogP contribution in [0.3, 0.4) is 0 Å². The third kappa shape index (κ3) is 2.74. The van der Waals surface area contributed by atoms with Crippen molar-refractivity contribution in [2.75, 3.05) is 0 Å². The van der Waals surface area contributed by atoms with Gasteiger partial charge in [-0.2, -0.15) is 0 Å². The molecule has 0 bridgehead atoms. The van der Waals surface area contributed by atoms with Gasteiger partial charge in [0.1, 0.15) is 5.84 Å². The summed E-state index contributed by atoms with van der Waals surface area (Å²) >= 11 is 0. The number of nitrogens with zero attached hydrogens (tertiary/aromatic N) is 1. The standard InChI is InChI=1S/C14H12N2O2/c15-13(10-4-2-1-3-5-10)16-12-8-6-11(7-9-12)14(17)18/h1-9H,(H2,15,16)(H,17,18). The van der Waals surface area contributed by atoms with Crippen LogP contribution in [0.4, 0.5) is 5.69 Å². The van der Waals surface area contributed by atoms with E-state index in [2.05, 4.69) is 4.99 Å². The van der Waals surface area contributed by atoms with E-state index in [0.29, 0.717) is 11.5 Å². The number of nitrogens with two attached hydrogens (primary N) is 1. The second-order valence-corrected chi connectivity index (χ2v) is 3.72. The summed E-state index contributed by atoms with van der Waals surface area (Å²) in [5, 5.41) is 8.78. The number of aromatic carboxylic acids is 1. The molecule has 0 aliphatic heterocycles. The van der Waals surface area contributed by atoms with Gasteiger partial charge in [-0.25, -0.2) is 9.79 Å². The van der Waals surface area contributed by atoms with Crippen LogP contribution in [0.15, 0.2) is 59.6 Å². The van der Waals surface area contributed by atoms with Gasteiger partial charge < -0.3 is 10.8 Å². The van der Waals surface area contributed by atoms with Gasteiger partial charge in [-0.1, -0.05) is 30.3 Å². The Hall–Kier alpha value is -2.62. The molecule has 2 rings (SSSR count). The topological polar surface area (TPSA) is 75.7 Å². The lowest BCUT2D eigenvalue weighted by atomic mass is 10.2. The van der Waals surface area contributed by atoms with Crippen LogP contribution in [0, 0.1) is 0 Å². The molecule has 0 amide bonds. The molecular weight excluding hydrogens is 228 g/mol. The van der Waals surface area contributed by atoms with Gasteiger partial charge in [0, 0.05) is 5.56 Å². The summed E-state index contributed by atoms with van der Waals surface area (Å²) in [6, 6.07) is 15.6. The second kappa shape index (κ2) is 5.14. The van der Waals surface area contributed by atoms with Crippen molar-refractivity contribution in [2.45, 2.75) is 0 Å². The molecular formula is C14H12N2O2. The minimum atomic E-state index is -0.957. The number of amidine groups is 1. The van der Waals surface area contributed by atoms with Crippen molar-refractivity contribution < 1.29 is 9.90 Å². The van der Waals surface area contributed by atoms with E-state index < -0.39 is 5.97 Å². The predicted molar refractivity (Wildman–Crippen MR) is 70.2 cm³/mol. The van der Waals surface area contributed by atoms with E-state index in [1.807, 2.05) is 30.3 Å². The molecule has 0 saturated heterocycles. The van der Waals surface area contributed by atoms with E-state index in [4.69, 9.17) is 10.8 Å². The van der Waals surface area contributed by atoms with Crippen LogP contribution in [-0.2, 0) is 0 Å². The zero-order valence-corrected chi connectivity index (χ0v) is 9.58. The average Bonchev–Trinajstić information content (AvgIpc) is 2.40. The summed E-state index contributed by atoms with van der Waals surface area (Å²) in [4.78, 5) is 14.9. The Bertz CT molecular complexity index is 575. The van der Waals surface area contributed by atoms with Crippen LogP contribution < -0.4 is 5.73 Å². The lowest BCUT2D eigenvalue weighted by molar-refractivity contribution is 0.0697. The molecule has 4 nitrogen and oxygen atoms in total. The third-order valence-corrected chi connectivity index (χ3v) is 2.43. The van der Waals surface area contributed by atoms with Crippen LogP contribution in [0.25, 0.3) is 0 Å². The van der Waals surface area contributed by atoms with Crippen LogP contribution >= 0.6 is 0 Å². The monoisotopic (exact) mass is 240 g/mol. The molecule has 18 heavy (non-hydrogen) atoms. The van der Waals surface area contributed by atoms with Gasteiger partial charge in [-0.3, -0.25) is 0 Å². The maximum Gasteiger partial charge on any atom is 0.335 e. The summed E-state index contributed by atoms with van der Waals surface area (Å²) < 4.78 is 0. The van der Waals surface area contributed by atoms with Crippen molar-refractivity contribution in [3.8, 4) is 0 Å². The number of carbonyl (C=O) groups is 1. The maximum absolute atomic E-state index is 10.7. The molecule has 0 aliphatic carbocycles. The Labute approximate surface area is 104 Å². The van der Waals surface area contributed by atoms with Crippen LogP contribution in [0.5, 0.6) is 0 Å². The summed E-state index contributed by atoms with van der Waals surface area (Å²) in [6.07, 6.45) is 0. The molecule has 0 radical (unpaired) electrons. The highest BCUT2D eigenvalue weighted by atomic mass is 16.4. The van der Waals surface area contributed by atoms with Gasteiger partial charge >= 0.3 is 5.97 Å². The molecule has 0 aliphatic rings. The van der Waals surface area contributed by atoms with E-state index >= 15 is 0 Å². The molecule has 2 aromatic carbocycles. The molecule has 0 saturated carbocycles. The van der Waals surface area contributed by atoms with E-state index in [1.165, 1.54) is 12.1 Å². The van der Waals surface area contributed by atoms with Gasteiger partial charge in [0.15, 0.2) is 0 Å². The van der Waals surface area contributed by atoms with Gasteiger partial charge in [-0.05, 0) is 24.3 Å². The van der Waals surface area contributed by atoms with Crippen molar-refractivity contribution in [1.82, 2.24) is 0 Å². The van der Waals surface area contributed by atoms with Crippen molar-refractivity contribution in [2.24, 2.45) is 10.7 Å². The fourth-order valence-electron chi connectivity index (χ4n) is 1.49. The highest BCUT2D eigenvalue weighted by molar-refractivity contribution is 5.99. The largest absolute Gasteiger partial charge is 0.478 e. The molecule has 0 unspecified atom stereocenters. The summed E-state index contributed by atoms with van der Waals surface area (Å²) in [5.41, 5.74) is 7.55. The molecule has 0 aromatic heterocycles. The molecule has 0 heterocycles. The smallest absolute Gasteiger partial charge is 0.335 e. The minimum absolute atomic E-state index is 0.229. The van der Waals surface area contributed by atoms with Crippen molar-refractivity contribution in [3.63, 3.8) is 0 Å². The van der Waals surface area contributed by atoms with Gasteiger partial charge in [0.05, 0.1) is 11.3 Å². The minimum Gasteiger partial charge on any atom is -0.478 e. The number of aliphatic imine (C=N–C) groups is 1. The molecule has 3 N–H and O–H groups in total. The first-order valence-electron chi connectivity index (χ1n) is 5.40. The quantitative estimate of drug-likeness (QED) is 0.639. The van der Waals surface area contributed by atoms with E-state index in [-0.39, 0.29) is 5.56 Å². The van der Waals surface area contributed by atoms with Crippen LogP contribution in [-0.4, -0.2) is 16.9 Å². The zero-order valence-electron chi connectivity index (χ0n) is 9.58. The zero-order chi connectivity index (χ0) is 13.0. The average molecular weight is 240 g/mol. The summed E-state index contributed by atoms with van der Waals surface area (Å²) in [7, 11) is 0. The van der Waals surface area contributed by atoms with E-state index in [9.17, 15) is 4.79 Å². The summed E-state index contributed by atoms with van der Waals surface area (Å²) in [5.74, 6) is -0.555. The van der Waals surface area contributed by atoms with E-state index in [1.54, 1.807) is 12.1 Å². The first-order valence-corrected chi connectivity index (χ1v) is 5.40. The normalized spacial score (nSPS) is 11.2. The summed E-state index contributed by atoms with van der Waals surface area (Å²) in [6.45, 7) is 0. The first-order chi connectivity index (χ1) is 8.66. The molecule has 0 atom stereocenters. The Balaban J connectivity index is 2.25. The Kier molecular flexibility index (Phi) is 3.38. The predicted octanol–water partition coefficient (Wildman–Crippen LogP) is 2.42.